The van der Waals surface area contributed by atoms with Gasteiger partial charge in [-0.1, -0.05) is 42.5 Å². The van der Waals surface area contributed by atoms with Gasteiger partial charge in [-0.2, -0.15) is 0 Å². The van der Waals surface area contributed by atoms with E-state index in [4.69, 9.17) is 14.2 Å². The lowest BCUT2D eigenvalue weighted by molar-refractivity contribution is -0.136. The SMILES string of the molecule is Cc1ccc(C)c(OCC(=O)Oc2ccc(C(=O)OCCCc3ccccc3)cc2)c1. The number of carbonyl (C=O) groups is 2. The van der Waals surface area contributed by atoms with Gasteiger partial charge in [0.15, 0.2) is 6.61 Å². The second-order valence-electron chi connectivity index (χ2n) is 7.28. The van der Waals surface area contributed by atoms with E-state index < -0.39 is 11.9 Å². The van der Waals surface area contributed by atoms with Gasteiger partial charge in [0.2, 0.25) is 0 Å². The molecule has 0 saturated carbocycles. The molecule has 0 amide bonds. The minimum absolute atomic E-state index is 0.199. The summed E-state index contributed by atoms with van der Waals surface area (Å²) < 4.78 is 16.1. The summed E-state index contributed by atoms with van der Waals surface area (Å²) in [6.45, 7) is 4.02. The molecule has 0 fully saturated rings. The molecule has 3 rings (SSSR count). The quantitative estimate of drug-likeness (QED) is 0.276. The maximum atomic E-state index is 12.2. The summed E-state index contributed by atoms with van der Waals surface area (Å²) in [4.78, 5) is 24.2. The van der Waals surface area contributed by atoms with E-state index in [1.807, 2.05) is 50.2 Å². The number of aryl methyl sites for hydroxylation is 3. The highest BCUT2D eigenvalue weighted by molar-refractivity contribution is 5.89. The van der Waals surface area contributed by atoms with Crippen LogP contribution in [0.25, 0.3) is 0 Å². The molecule has 0 radical (unpaired) electrons. The van der Waals surface area contributed by atoms with E-state index in [0.717, 1.165) is 24.0 Å². The maximum Gasteiger partial charge on any atom is 0.349 e. The van der Waals surface area contributed by atoms with Crippen LogP contribution in [0.3, 0.4) is 0 Å². The number of carbonyl (C=O) groups excluding carboxylic acids is 2. The van der Waals surface area contributed by atoms with Crippen molar-refractivity contribution in [3.8, 4) is 11.5 Å². The Morgan fingerprint density at radius 1 is 0.871 bits per heavy atom. The smallest absolute Gasteiger partial charge is 0.349 e. The van der Waals surface area contributed by atoms with E-state index >= 15 is 0 Å². The van der Waals surface area contributed by atoms with Gasteiger partial charge in [0.25, 0.3) is 0 Å². The van der Waals surface area contributed by atoms with Crippen LogP contribution in [0.1, 0.15) is 33.5 Å². The van der Waals surface area contributed by atoms with Gasteiger partial charge in [0.05, 0.1) is 12.2 Å². The molecule has 0 bridgehead atoms. The summed E-state index contributed by atoms with van der Waals surface area (Å²) in [5.74, 6) is 0.0823. The van der Waals surface area contributed by atoms with Crippen LogP contribution in [0, 0.1) is 13.8 Å². The van der Waals surface area contributed by atoms with Crippen LogP contribution in [0.2, 0.25) is 0 Å². The molecule has 0 heterocycles. The third-order valence-corrected chi connectivity index (χ3v) is 4.70. The van der Waals surface area contributed by atoms with Crippen LogP contribution in [0.15, 0.2) is 72.8 Å². The molecule has 31 heavy (non-hydrogen) atoms. The number of ether oxygens (including phenoxy) is 3. The molecule has 3 aromatic rings. The van der Waals surface area contributed by atoms with Crippen molar-refractivity contribution in [1.82, 2.24) is 0 Å². The van der Waals surface area contributed by atoms with E-state index in [0.29, 0.717) is 23.7 Å². The van der Waals surface area contributed by atoms with E-state index in [9.17, 15) is 9.59 Å². The summed E-state index contributed by atoms with van der Waals surface area (Å²) in [6.07, 6.45) is 1.61. The topological polar surface area (TPSA) is 61.8 Å². The van der Waals surface area contributed by atoms with Crippen molar-refractivity contribution in [2.75, 3.05) is 13.2 Å². The van der Waals surface area contributed by atoms with Crippen molar-refractivity contribution in [2.45, 2.75) is 26.7 Å². The van der Waals surface area contributed by atoms with Crippen molar-refractivity contribution in [3.63, 3.8) is 0 Å². The average molecular weight is 418 g/mol. The molecule has 0 saturated heterocycles. The van der Waals surface area contributed by atoms with Crippen molar-refractivity contribution in [2.24, 2.45) is 0 Å². The number of hydrogen-bond donors (Lipinski definition) is 0. The van der Waals surface area contributed by atoms with Gasteiger partial charge in [-0.15, -0.1) is 0 Å². The zero-order valence-electron chi connectivity index (χ0n) is 17.8. The summed E-state index contributed by atoms with van der Waals surface area (Å²) in [6, 6.07) is 22.1. The highest BCUT2D eigenvalue weighted by atomic mass is 16.6. The van der Waals surface area contributed by atoms with Gasteiger partial charge in [0, 0.05) is 0 Å². The van der Waals surface area contributed by atoms with Gasteiger partial charge in [-0.05, 0) is 73.7 Å². The Labute approximate surface area is 182 Å². The first-order chi connectivity index (χ1) is 15.0. The zero-order valence-corrected chi connectivity index (χ0v) is 17.8. The summed E-state index contributed by atoms with van der Waals surface area (Å²) in [5.41, 5.74) is 3.62. The Balaban J connectivity index is 1.42. The van der Waals surface area contributed by atoms with Crippen molar-refractivity contribution in [1.29, 1.82) is 0 Å². The Hall–Kier alpha value is -3.60. The second-order valence-corrected chi connectivity index (χ2v) is 7.28. The predicted molar refractivity (Wildman–Crippen MR) is 119 cm³/mol. The van der Waals surface area contributed by atoms with Crippen LogP contribution in [0.5, 0.6) is 11.5 Å². The van der Waals surface area contributed by atoms with Gasteiger partial charge < -0.3 is 14.2 Å². The Bertz CT molecular complexity index is 1010. The van der Waals surface area contributed by atoms with Gasteiger partial charge in [-0.3, -0.25) is 0 Å². The second kappa shape index (κ2) is 11.0. The third kappa shape index (κ3) is 7.00. The van der Waals surface area contributed by atoms with Crippen LogP contribution in [-0.4, -0.2) is 25.2 Å². The molecule has 160 valence electrons. The van der Waals surface area contributed by atoms with Gasteiger partial charge in [-0.25, -0.2) is 9.59 Å². The number of hydrogen-bond acceptors (Lipinski definition) is 5. The molecule has 0 unspecified atom stereocenters. The Morgan fingerprint density at radius 3 is 2.35 bits per heavy atom. The minimum atomic E-state index is -0.517. The fourth-order valence-corrected chi connectivity index (χ4v) is 2.99. The number of esters is 2. The molecule has 0 aliphatic carbocycles. The molecule has 5 heteroatoms. The predicted octanol–water partition coefficient (Wildman–Crippen LogP) is 5.08. The summed E-state index contributed by atoms with van der Waals surface area (Å²) >= 11 is 0. The van der Waals surface area contributed by atoms with Crippen LogP contribution >= 0.6 is 0 Å². The van der Waals surface area contributed by atoms with Gasteiger partial charge >= 0.3 is 11.9 Å². The van der Waals surface area contributed by atoms with Crippen molar-refractivity contribution in [3.05, 3.63) is 95.1 Å². The Morgan fingerprint density at radius 2 is 1.61 bits per heavy atom. The summed E-state index contributed by atoms with van der Waals surface area (Å²) in [5, 5.41) is 0. The first-order valence-corrected chi connectivity index (χ1v) is 10.2. The standard InChI is InChI=1S/C26H26O5/c1-19-10-11-20(2)24(17-19)30-18-25(27)31-23-14-12-22(13-15-23)26(28)29-16-6-9-21-7-4-3-5-8-21/h3-5,7-8,10-15,17H,6,9,16,18H2,1-2H3. The fraction of sp³-hybridized carbons (Fsp3) is 0.231. The first-order valence-electron chi connectivity index (χ1n) is 10.2. The van der Waals surface area contributed by atoms with Crippen molar-refractivity contribution < 1.29 is 23.8 Å². The number of benzene rings is 3. The monoisotopic (exact) mass is 418 g/mol. The minimum Gasteiger partial charge on any atom is -0.482 e. The third-order valence-electron chi connectivity index (χ3n) is 4.70. The summed E-state index contributed by atoms with van der Waals surface area (Å²) in [7, 11) is 0. The van der Waals surface area contributed by atoms with Crippen LogP contribution in [0.4, 0.5) is 0 Å². The van der Waals surface area contributed by atoms with E-state index in [2.05, 4.69) is 12.1 Å². The molecule has 3 aromatic carbocycles. The van der Waals surface area contributed by atoms with Crippen LogP contribution in [-0.2, 0) is 16.0 Å². The number of rotatable bonds is 9. The lowest BCUT2D eigenvalue weighted by Crippen LogP contribution is -2.18. The first kappa shape index (κ1) is 22.1. The highest BCUT2D eigenvalue weighted by Gasteiger charge is 2.11. The van der Waals surface area contributed by atoms with E-state index in [1.165, 1.54) is 5.56 Å². The molecular formula is C26H26O5. The average Bonchev–Trinajstić information content (AvgIpc) is 2.78. The normalized spacial score (nSPS) is 10.4. The lowest BCUT2D eigenvalue weighted by atomic mass is 10.1. The lowest BCUT2D eigenvalue weighted by Gasteiger charge is -2.10. The molecule has 0 aromatic heterocycles. The molecule has 0 spiro atoms. The molecule has 0 aliphatic rings. The zero-order chi connectivity index (χ0) is 22.1. The largest absolute Gasteiger partial charge is 0.482 e. The fourth-order valence-electron chi connectivity index (χ4n) is 2.99. The van der Waals surface area contributed by atoms with Crippen LogP contribution < -0.4 is 9.47 Å². The van der Waals surface area contributed by atoms with E-state index in [1.54, 1.807) is 24.3 Å². The van der Waals surface area contributed by atoms with Crippen molar-refractivity contribution >= 4 is 11.9 Å². The molecule has 0 atom stereocenters. The van der Waals surface area contributed by atoms with E-state index in [-0.39, 0.29) is 6.61 Å². The molecule has 5 nitrogen and oxygen atoms in total. The molecule has 0 N–H and O–H groups in total. The maximum absolute atomic E-state index is 12.2. The highest BCUT2D eigenvalue weighted by Crippen LogP contribution is 2.19. The molecule has 0 aliphatic heterocycles. The Kier molecular flexibility index (Phi) is 7.82. The van der Waals surface area contributed by atoms with Gasteiger partial charge in [0.1, 0.15) is 11.5 Å². The molecular weight excluding hydrogens is 392 g/mol.